The molecule has 0 aromatic heterocycles. The van der Waals surface area contributed by atoms with E-state index in [2.05, 4.69) is 33.0 Å². The zero-order valence-corrected chi connectivity index (χ0v) is 9.89. The highest BCUT2D eigenvalue weighted by molar-refractivity contribution is 5.88. The highest BCUT2D eigenvalue weighted by Gasteiger charge is 2.45. The van der Waals surface area contributed by atoms with Gasteiger partial charge in [-0.1, -0.05) is 27.7 Å². The Balaban J connectivity index is 2.50. The van der Waals surface area contributed by atoms with Gasteiger partial charge in [-0.3, -0.25) is 4.79 Å². The maximum atomic E-state index is 11.6. The average Bonchev–Trinajstić information content (AvgIpc) is 2.08. The first-order valence-corrected chi connectivity index (χ1v) is 5.74. The molecule has 1 amide bonds. The molecule has 0 bridgehead atoms. The Bertz CT molecular complexity index is 210. The summed E-state index contributed by atoms with van der Waals surface area (Å²) in [5.41, 5.74) is -0.0154. The summed E-state index contributed by atoms with van der Waals surface area (Å²) in [4.78, 5) is 11.6. The fourth-order valence-electron chi connectivity index (χ4n) is 2.23. The molecule has 2 nitrogen and oxygen atoms in total. The molecular weight excluding hydrogens is 174 g/mol. The number of carbonyl (C=O) groups excluding carboxylic acids is 1. The Hall–Kier alpha value is -0.530. The summed E-state index contributed by atoms with van der Waals surface area (Å²) in [5, 5.41) is 2.89. The second-order valence-electron chi connectivity index (χ2n) is 5.49. The Kier molecular flexibility index (Phi) is 3.57. The molecule has 1 aliphatic rings. The van der Waals surface area contributed by atoms with Crippen LogP contribution in [0.25, 0.3) is 0 Å². The van der Waals surface area contributed by atoms with E-state index in [-0.39, 0.29) is 11.3 Å². The van der Waals surface area contributed by atoms with E-state index < -0.39 is 0 Å². The van der Waals surface area contributed by atoms with Gasteiger partial charge in [-0.15, -0.1) is 0 Å². The van der Waals surface area contributed by atoms with Gasteiger partial charge in [0.2, 0.25) is 5.91 Å². The number of rotatable bonds is 5. The van der Waals surface area contributed by atoms with E-state index in [4.69, 9.17) is 0 Å². The van der Waals surface area contributed by atoms with Crippen LogP contribution >= 0.6 is 0 Å². The molecule has 0 unspecified atom stereocenters. The lowest BCUT2D eigenvalue weighted by molar-refractivity contribution is -0.142. The van der Waals surface area contributed by atoms with Gasteiger partial charge >= 0.3 is 0 Å². The van der Waals surface area contributed by atoms with Crippen molar-refractivity contribution in [1.29, 1.82) is 0 Å². The second-order valence-corrected chi connectivity index (χ2v) is 5.49. The summed E-state index contributed by atoms with van der Waals surface area (Å²) in [5.74, 6) is 1.60. The Morgan fingerprint density at radius 2 is 1.93 bits per heavy atom. The van der Waals surface area contributed by atoms with Crippen molar-refractivity contribution in [3.63, 3.8) is 0 Å². The number of nitrogens with one attached hydrogen (secondary N) is 1. The van der Waals surface area contributed by atoms with Crippen LogP contribution in [0.3, 0.4) is 0 Å². The minimum Gasteiger partial charge on any atom is -0.354 e. The van der Waals surface area contributed by atoms with Crippen molar-refractivity contribution >= 4 is 5.91 Å². The topological polar surface area (TPSA) is 29.1 Å². The first-order chi connectivity index (χ1) is 6.46. The van der Waals surface area contributed by atoms with Gasteiger partial charge in [0.25, 0.3) is 0 Å². The van der Waals surface area contributed by atoms with Gasteiger partial charge in [0, 0.05) is 6.54 Å². The minimum atomic E-state index is -0.0154. The number of carbonyl (C=O) groups is 1. The van der Waals surface area contributed by atoms with Crippen molar-refractivity contribution in [3.05, 3.63) is 0 Å². The molecule has 0 aromatic rings. The first-order valence-electron chi connectivity index (χ1n) is 5.74. The van der Waals surface area contributed by atoms with Crippen molar-refractivity contribution < 1.29 is 4.79 Å². The molecule has 0 spiro atoms. The third-order valence-electron chi connectivity index (χ3n) is 3.07. The summed E-state index contributed by atoms with van der Waals surface area (Å²) in [6, 6.07) is 0. The van der Waals surface area contributed by atoms with Crippen LogP contribution in [0.2, 0.25) is 0 Å². The zero-order chi connectivity index (χ0) is 10.8. The maximum Gasteiger partial charge on any atom is 0.228 e. The van der Waals surface area contributed by atoms with E-state index in [0.29, 0.717) is 11.8 Å². The smallest absolute Gasteiger partial charge is 0.228 e. The van der Waals surface area contributed by atoms with Crippen molar-refractivity contribution in [2.24, 2.45) is 17.3 Å². The third-order valence-corrected chi connectivity index (χ3v) is 3.07. The van der Waals surface area contributed by atoms with Crippen LogP contribution < -0.4 is 5.32 Å². The van der Waals surface area contributed by atoms with Crippen molar-refractivity contribution in [1.82, 2.24) is 5.32 Å². The predicted octanol–water partition coefficient (Wildman–Crippen LogP) is 2.58. The summed E-state index contributed by atoms with van der Waals surface area (Å²) in [6.45, 7) is 9.74. The van der Waals surface area contributed by atoms with Crippen molar-refractivity contribution in [2.45, 2.75) is 47.0 Å². The summed E-state index contributed by atoms with van der Waals surface area (Å²) in [7, 11) is 0. The summed E-state index contributed by atoms with van der Waals surface area (Å²) < 4.78 is 0. The highest BCUT2D eigenvalue weighted by atomic mass is 16.2. The summed E-state index contributed by atoms with van der Waals surface area (Å²) in [6.07, 6.45) is 3.28. The molecule has 1 N–H and O–H groups in total. The van der Waals surface area contributed by atoms with Crippen molar-refractivity contribution in [2.75, 3.05) is 6.54 Å². The fourth-order valence-corrected chi connectivity index (χ4v) is 2.23. The number of amides is 1. The normalized spacial score (nSPS) is 26.6. The molecule has 0 aliphatic carbocycles. The molecule has 0 aromatic carbocycles. The molecule has 1 aliphatic heterocycles. The standard InChI is InChI=1S/C12H23NO/c1-9(2)5-6-12(7-10(3)4)8-13-11(12)14/h9-10H,5-8H2,1-4H3,(H,13,14)/t12-/m1/s1. The van der Waals surface area contributed by atoms with Gasteiger partial charge in [-0.2, -0.15) is 0 Å². The van der Waals surface area contributed by atoms with Crippen LogP contribution in [0.15, 0.2) is 0 Å². The molecule has 1 atom stereocenters. The number of hydrogen-bond donors (Lipinski definition) is 1. The van der Waals surface area contributed by atoms with Gasteiger partial charge in [0.1, 0.15) is 0 Å². The van der Waals surface area contributed by atoms with E-state index in [1.807, 2.05) is 0 Å². The molecule has 1 saturated heterocycles. The molecule has 0 radical (unpaired) electrons. The zero-order valence-electron chi connectivity index (χ0n) is 9.89. The molecular formula is C12H23NO. The van der Waals surface area contributed by atoms with E-state index >= 15 is 0 Å². The molecule has 1 heterocycles. The van der Waals surface area contributed by atoms with Crippen LogP contribution in [0.1, 0.15) is 47.0 Å². The molecule has 82 valence electrons. The molecule has 2 heteroatoms. The Morgan fingerprint density at radius 3 is 2.21 bits per heavy atom. The first kappa shape index (κ1) is 11.5. The monoisotopic (exact) mass is 197 g/mol. The van der Waals surface area contributed by atoms with E-state index in [0.717, 1.165) is 19.4 Å². The highest BCUT2D eigenvalue weighted by Crippen LogP contribution is 2.37. The lowest BCUT2D eigenvalue weighted by Crippen LogP contribution is -2.59. The number of hydrogen-bond acceptors (Lipinski definition) is 1. The molecule has 1 rings (SSSR count). The van der Waals surface area contributed by atoms with Gasteiger partial charge in [0.05, 0.1) is 5.41 Å². The van der Waals surface area contributed by atoms with Gasteiger partial charge in [-0.05, 0) is 31.1 Å². The van der Waals surface area contributed by atoms with Crippen LogP contribution in [-0.4, -0.2) is 12.5 Å². The number of β-lactam (4-membered cyclic amide) rings is 1. The van der Waals surface area contributed by atoms with E-state index in [1.54, 1.807) is 0 Å². The van der Waals surface area contributed by atoms with Crippen LogP contribution in [-0.2, 0) is 4.79 Å². The average molecular weight is 197 g/mol. The van der Waals surface area contributed by atoms with E-state index in [1.165, 1.54) is 6.42 Å². The Morgan fingerprint density at radius 1 is 1.29 bits per heavy atom. The van der Waals surface area contributed by atoms with E-state index in [9.17, 15) is 4.79 Å². The third kappa shape index (κ3) is 2.49. The van der Waals surface area contributed by atoms with Crippen LogP contribution in [0, 0.1) is 17.3 Å². The lowest BCUT2D eigenvalue weighted by Gasteiger charge is -2.42. The lowest BCUT2D eigenvalue weighted by atomic mass is 9.70. The fraction of sp³-hybridized carbons (Fsp3) is 0.917. The minimum absolute atomic E-state index is 0.0154. The van der Waals surface area contributed by atoms with Gasteiger partial charge < -0.3 is 5.32 Å². The second kappa shape index (κ2) is 4.33. The molecule has 1 fully saturated rings. The van der Waals surface area contributed by atoms with Gasteiger partial charge in [0.15, 0.2) is 0 Å². The molecule has 0 saturated carbocycles. The van der Waals surface area contributed by atoms with Crippen LogP contribution in [0.4, 0.5) is 0 Å². The molecule has 14 heavy (non-hydrogen) atoms. The SMILES string of the molecule is CC(C)CC[C@@]1(CC(C)C)CNC1=O. The maximum absolute atomic E-state index is 11.6. The van der Waals surface area contributed by atoms with Gasteiger partial charge in [-0.25, -0.2) is 0 Å². The predicted molar refractivity (Wildman–Crippen MR) is 59.0 cm³/mol. The quantitative estimate of drug-likeness (QED) is 0.674. The van der Waals surface area contributed by atoms with Crippen LogP contribution in [0.5, 0.6) is 0 Å². The largest absolute Gasteiger partial charge is 0.354 e. The van der Waals surface area contributed by atoms with Crippen molar-refractivity contribution in [3.8, 4) is 0 Å². The summed E-state index contributed by atoms with van der Waals surface area (Å²) >= 11 is 0. The Labute approximate surface area is 87.5 Å².